The van der Waals surface area contributed by atoms with Gasteiger partial charge in [0.15, 0.2) is 0 Å². The Morgan fingerprint density at radius 1 is 1.07 bits per heavy atom. The van der Waals surface area contributed by atoms with Crippen LogP contribution in [0, 0.1) is 12.3 Å². The molecule has 0 heterocycles. The number of aryl methyl sites for hydroxylation is 1. The number of rotatable bonds is 1. The standard InChI is InChI=1S/C13H13N/c1-9-5-3-6-11-7-4-8-12(10(2)14)13(9)11/h3-8,14H,1-2H3. The SMILES string of the molecule is CC(=N)c1cccc2cccc(C)c12. The molecule has 0 spiro atoms. The molecule has 0 bridgehead atoms. The van der Waals surface area contributed by atoms with E-state index in [1.54, 1.807) is 0 Å². The summed E-state index contributed by atoms with van der Waals surface area (Å²) in [5.41, 5.74) is 2.91. The Labute approximate surface area is 83.9 Å². The first-order valence-corrected chi connectivity index (χ1v) is 4.74. The van der Waals surface area contributed by atoms with Crippen LogP contribution >= 0.6 is 0 Å². The van der Waals surface area contributed by atoms with Gasteiger partial charge in [0.05, 0.1) is 0 Å². The number of benzene rings is 2. The topological polar surface area (TPSA) is 23.9 Å². The maximum Gasteiger partial charge on any atom is 0.0361 e. The van der Waals surface area contributed by atoms with Crippen molar-refractivity contribution in [3.63, 3.8) is 0 Å². The second kappa shape index (κ2) is 3.26. The average Bonchev–Trinajstić information content (AvgIpc) is 2.17. The first kappa shape index (κ1) is 8.95. The highest BCUT2D eigenvalue weighted by atomic mass is 14.4. The number of hydrogen-bond acceptors (Lipinski definition) is 1. The zero-order chi connectivity index (χ0) is 10.1. The minimum atomic E-state index is 0.630. The molecular weight excluding hydrogens is 170 g/mol. The highest BCUT2D eigenvalue weighted by Crippen LogP contribution is 2.22. The minimum absolute atomic E-state index is 0.630. The first-order valence-electron chi connectivity index (χ1n) is 4.74. The fourth-order valence-electron chi connectivity index (χ4n) is 1.84. The Morgan fingerprint density at radius 2 is 1.71 bits per heavy atom. The van der Waals surface area contributed by atoms with E-state index >= 15 is 0 Å². The Kier molecular flexibility index (Phi) is 2.08. The smallest absolute Gasteiger partial charge is 0.0361 e. The van der Waals surface area contributed by atoms with Crippen LogP contribution in [0.5, 0.6) is 0 Å². The Balaban J connectivity index is 2.91. The Bertz CT molecular complexity index is 492. The molecule has 0 aromatic heterocycles. The van der Waals surface area contributed by atoms with E-state index in [1.807, 2.05) is 19.1 Å². The van der Waals surface area contributed by atoms with Gasteiger partial charge < -0.3 is 5.41 Å². The molecule has 0 unspecified atom stereocenters. The lowest BCUT2D eigenvalue weighted by Gasteiger charge is -2.07. The van der Waals surface area contributed by atoms with E-state index in [9.17, 15) is 0 Å². The summed E-state index contributed by atoms with van der Waals surface area (Å²) in [7, 11) is 0. The van der Waals surface area contributed by atoms with E-state index in [-0.39, 0.29) is 0 Å². The Hall–Kier alpha value is -1.63. The van der Waals surface area contributed by atoms with Crippen molar-refractivity contribution >= 4 is 16.5 Å². The molecule has 0 radical (unpaired) electrons. The van der Waals surface area contributed by atoms with E-state index in [2.05, 4.69) is 31.2 Å². The summed E-state index contributed by atoms with van der Waals surface area (Å²) in [5.74, 6) is 0. The van der Waals surface area contributed by atoms with Crippen molar-refractivity contribution in [2.45, 2.75) is 13.8 Å². The van der Waals surface area contributed by atoms with Crippen LogP contribution in [0.1, 0.15) is 18.1 Å². The van der Waals surface area contributed by atoms with Crippen molar-refractivity contribution in [2.24, 2.45) is 0 Å². The van der Waals surface area contributed by atoms with Crippen molar-refractivity contribution in [1.82, 2.24) is 0 Å². The molecule has 0 saturated heterocycles. The van der Waals surface area contributed by atoms with Crippen LogP contribution in [0.3, 0.4) is 0 Å². The predicted molar refractivity (Wildman–Crippen MR) is 61.2 cm³/mol. The zero-order valence-electron chi connectivity index (χ0n) is 8.46. The molecule has 1 nitrogen and oxygen atoms in total. The molecular formula is C13H13N. The van der Waals surface area contributed by atoms with E-state index in [0.717, 1.165) is 5.56 Å². The van der Waals surface area contributed by atoms with Gasteiger partial charge in [-0.15, -0.1) is 0 Å². The summed E-state index contributed by atoms with van der Waals surface area (Å²) in [5, 5.41) is 10.1. The van der Waals surface area contributed by atoms with Gasteiger partial charge in [0.25, 0.3) is 0 Å². The van der Waals surface area contributed by atoms with Gasteiger partial charge in [0, 0.05) is 11.3 Å². The summed E-state index contributed by atoms with van der Waals surface area (Å²) < 4.78 is 0. The molecule has 0 saturated carbocycles. The predicted octanol–water partition coefficient (Wildman–Crippen LogP) is 3.54. The third kappa shape index (κ3) is 1.31. The maximum absolute atomic E-state index is 7.71. The van der Waals surface area contributed by atoms with E-state index in [0.29, 0.717) is 5.71 Å². The molecule has 0 fully saturated rings. The highest BCUT2D eigenvalue weighted by Gasteiger charge is 2.03. The van der Waals surface area contributed by atoms with Crippen molar-refractivity contribution in [3.8, 4) is 0 Å². The summed E-state index contributed by atoms with van der Waals surface area (Å²) >= 11 is 0. The van der Waals surface area contributed by atoms with Gasteiger partial charge in [-0.1, -0.05) is 36.4 Å². The van der Waals surface area contributed by atoms with E-state index in [1.165, 1.54) is 16.3 Å². The maximum atomic E-state index is 7.71. The summed E-state index contributed by atoms with van der Waals surface area (Å²) in [6, 6.07) is 12.4. The average molecular weight is 183 g/mol. The van der Waals surface area contributed by atoms with Crippen LogP contribution in [0.4, 0.5) is 0 Å². The van der Waals surface area contributed by atoms with Gasteiger partial charge in [0.2, 0.25) is 0 Å². The molecule has 0 amide bonds. The van der Waals surface area contributed by atoms with Crippen LogP contribution in [0.2, 0.25) is 0 Å². The van der Waals surface area contributed by atoms with Gasteiger partial charge in [-0.05, 0) is 30.2 Å². The van der Waals surface area contributed by atoms with Gasteiger partial charge >= 0.3 is 0 Å². The summed E-state index contributed by atoms with van der Waals surface area (Å²) in [6.07, 6.45) is 0. The van der Waals surface area contributed by atoms with Crippen molar-refractivity contribution in [3.05, 3.63) is 47.5 Å². The third-order valence-electron chi connectivity index (χ3n) is 2.52. The van der Waals surface area contributed by atoms with Crippen LogP contribution in [0.15, 0.2) is 36.4 Å². The largest absolute Gasteiger partial charge is 0.305 e. The molecule has 2 aromatic carbocycles. The van der Waals surface area contributed by atoms with Crippen LogP contribution in [0.25, 0.3) is 10.8 Å². The lowest BCUT2D eigenvalue weighted by Crippen LogP contribution is -1.94. The summed E-state index contributed by atoms with van der Waals surface area (Å²) in [6.45, 7) is 3.93. The number of fused-ring (bicyclic) bond motifs is 1. The molecule has 70 valence electrons. The molecule has 0 aliphatic heterocycles. The van der Waals surface area contributed by atoms with Crippen LogP contribution in [-0.2, 0) is 0 Å². The second-order valence-electron chi connectivity index (χ2n) is 3.60. The molecule has 0 aliphatic rings. The van der Waals surface area contributed by atoms with Crippen LogP contribution < -0.4 is 0 Å². The first-order chi connectivity index (χ1) is 6.70. The molecule has 0 atom stereocenters. The van der Waals surface area contributed by atoms with E-state index < -0.39 is 0 Å². The number of nitrogens with one attached hydrogen (secondary N) is 1. The van der Waals surface area contributed by atoms with Gasteiger partial charge in [0.1, 0.15) is 0 Å². The fourth-order valence-corrected chi connectivity index (χ4v) is 1.84. The number of hydrogen-bond donors (Lipinski definition) is 1. The minimum Gasteiger partial charge on any atom is -0.305 e. The fraction of sp³-hybridized carbons (Fsp3) is 0.154. The molecule has 2 aromatic rings. The van der Waals surface area contributed by atoms with Gasteiger partial charge in [-0.3, -0.25) is 0 Å². The Morgan fingerprint density at radius 3 is 2.36 bits per heavy atom. The third-order valence-corrected chi connectivity index (χ3v) is 2.52. The van der Waals surface area contributed by atoms with Crippen LogP contribution in [-0.4, -0.2) is 5.71 Å². The monoisotopic (exact) mass is 183 g/mol. The zero-order valence-corrected chi connectivity index (χ0v) is 8.46. The highest BCUT2D eigenvalue weighted by molar-refractivity contribution is 6.09. The van der Waals surface area contributed by atoms with Crippen molar-refractivity contribution in [2.75, 3.05) is 0 Å². The molecule has 1 N–H and O–H groups in total. The normalized spacial score (nSPS) is 10.4. The molecule has 1 heteroatoms. The van der Waals surface area contributed by atoms with Gasteiger partial charge in [-0.2, -0.15) is 0 Å². The van der Waals surface area contributed by atoms with E-state index in [4.69, 9.17) is 5.41 Å². The quantitative estimate of drug-likeness (QED) is 0.654. The second-order valence-corrected chi connectivity index (χ2v) is 3.60. The van der Waals surface area contributed by atoms with Crippen molar-refractivity contribution in [1.29, 1.82) is 5.41 Å². The lowest BCUT2D eigenvalue weighted by molar-refractivity contribution is 1.45. The lowest BCUT2D eigenvalue weighted by atomic mass is 9.98. The molecule has 0 aliphatic carbocycles. The molecule has 14 heavy (non-hydrogen) atoms. The summed E-state index contributed by atoms with van der Waals surface area (Å²) in [4.78, 5) is 0. The van der Waals surface area contributed by atoms with Gasteiger partial charge in [-0.25, -0.2) is 0 Å². The molecule has 2 rings (SSSR count). The van der Waals surface area contributed by atoms with Crippen molar-refractivity contribution < 1.29 is 0 Å².